The van der Waals surface area contributed by atoms with Gasteiger partial charge in [0.25, 0.3) is 10.0 Å². The van der Waals surface area contributed by atoms with Gasteiger partial charge in [-0.05, 0) is 46.6 Å². The van der Waals surface area contributed by atoms with Crippen LogP contribution in [0.3, 0.4) is 0 Å². The summed E-state index contributed by atoms with van der Waals surface area (Å²) in [5.74, 6) is 0. The molecular formula is C16H17BrCl2N2O4S. The maximum Gasteiger partial charge on any atom is 0.261 e. The molecule has 1 aromatic heterocycles. The van der Waals surface area contributed by atoms with Gasteiger partial charge in [-0.1, -0.05) is 29.3 Å². The van der Waals surface area contributed by atoms with E-state index in [-0.39, 0.29) is 4.90 Å². The highest BCUT2D eigenvalue weighted by atomic mass is 79.9. The minimum atomic E-state index is -3.88. The number of ether oxygens (including phenoxy) is 2. The highest BCUT2D eigenvalue weighted by Gasteiger charge is 2.23. The average molecular weight is 484 g/mol. The van der Waals surface area contributed by atoms with E-state index in [4.69, 9.17) is 32.7 Å². The lowest BCUT2D eigenvalue weighted by Gasteiger charge is -2.18. The number of nitrogens with zero attached hydrogens (tertiary/aromatic N) is 1. The molecule has 6 nitrogen and oxygen atoms in total. The minimum absolute atomic E-state index is 0.00678. The van der Waals surface area contributed by atoms with E-state index < -0.39 is 21.1 Å². The van der Waals surface area contributed by atoms with Crippen LogP contribution in [-0.2, 0) is 19.5 Å². The molecule has 0 amide bonds. The van der Waals surface area contributed by atoms with Crippen LogP contribution < -0.4 is 4.72 Å². The van der Waals surface area contributed by atoms with Gasteiger partial charge >= 0.3 is 0 Å². The quantitative estimate of drug-likeness (QED) is 0.455. The predicted molar refractivity (Wildman–Crippen MR) is 105 cm³/mol. The van der Waals surface area contributed by atoms with E-state index >= 15 is 0 Å². The number of hydrogen-bond acceptors (Lipinski definition) is 5. The summed E-state index contributed by atoms with van der Waals surface area (Å²) in [5, 5.41) is 0. The van der Waals surface area contributed by atoms with Crippen LogP contribution in [-0.4, -0.2) is 27.6 Å². The molecule has 1 heterocycles. The Hall–Kier alpha value is -0.900. The van der Waals surface area contributed by atoms with Gasteiger partial charge in [-0.25, -0.2) is 13.4 Å². The van der Waals surface area contributed by atoms with Crippen molar-refractivity contribution in [1.29, 1.82) is 0 Å². The van der Waals surface area contributed by atoms with Crippen molar-refractivity contribution in [3.8, 4) is 0 Å². The zero-order chi connectivity index (χ0) is 19.5. The van der Waals surface area contributed by atoms with Gasteiger partial charge in [0, 0.05) is 31.5 Å². The van der Waals surface area contributed by atoms with Crippen molar-refractivity contribution >= 4 is 54.8 Å². The number of hydrogen-bond donors (Lipinski definition) is 1. The Labute approximate surface area is 171 Å². The number of benzene rings is 1. The van der Waals surface area contributed by atoms with Crippen molar-refractivity contribution < 1.29 is 17.9 Å². The summed E-state index contributed by atoms with van der Waals surface area (Å²) in [4.78, 5) is 4.09. The molecule has 1 N–H and O–H groups in total. The van der Waals surface area contributed by atoms with Crippen molar-refractivity contribution in [2.45, 2.75) is 22.9 Å². The monoisotopic (exact) mass is 482 g/mol. The standard InChI is InChI=1S/C16H17BrCl2N2O4S/c1-9-6-13(14(17)20-8-9)21-26(22,23)10-4-5-11(15(18)24-2)12(7-10)16(19)25-3/h4-8,15-16,21H,1-3H3. The van der Waals surface area contributed by atoms with Crippen LogP contribution in [0.2, 0.25) is 0 Å². The van der Waals surface area contributed by atoms with E-state index in [1.165, 1.54) is 26.4 Å². The zero-order valence-corrected chi connectivity index (χ0v) is 18.1. The number of pyridine rings is 1. The van der Waals surface area contributed by atoms with Gasteiger partial charge in [-0.15, -0.1) is 0 Å². The van der Waals surface area contributed by atoms with Gasteiger partial charge in [-0.3, -0.25) is 4.72 Å². The van der Waals surface area contributed by atoms with Gasteiger partial charge in [0.05, 0.1) is 10.6 Å². The normalized spacial score (nSPS) is 14.1. The first-order chi connectivity index (χ1) is 12.2. The van der Waals surface area contributed by atoms with E-state index in [0.29, 0.717) is 21.4 Å². The van der Waals surface area contributed by atoms with Crippen molar-refractivity contribution in [3.05, 3.63) is 51.8 Å². The molecule has 2 rings (SSSR count). The smallest absolute Gasteiger partial charge is 0.261 e. The molecule has 0 aliphatic rings. The number of nitrogens with one attached hydrogen (secondary N) is 1. The molecule has 0 bridgehead atoms. The number of methoxy groups -OCH3 is 2. The van der Waals surface area contributed by atoms with Crippen LogP contribution in [0.1, 0.15) is 27.8 Å². The summed E-state index contributed by atoms with van der Waals surface area (Å²) in [5.41, 5.74) is 0.392. The van der Waals surface area contributed by atoms with Crippen LogP contribution in [0.15, 0.2) is 40.0 Å². The molecule has 2 aromatic rings. The number of aryl methyl sites for hydroxylation is 1. The van der Waals surface area contributed by atoms with Crippen LogP contribution in [0.5, 0.6) is 0 Å². The third-order valence-electron chi connectivity index (χ3n) is 3.49. The zero-order valence-electron chi connectivity index (χ0n) is 14.2. The summed E-state index contributed by atoms with van der Waals surface area (Å²) in [6.45, 7) is 1.81. The lowest BCUT2D eigenvalue weighted by molar-refractivity contribution is 0.152. The van der Waals surface area contributed by atoms with E-state index in [1.807, 2.05) is 6.92 Å². The second kappa shape index (κ2) is 8.86. The Kier molecular flexibility index (Phi) is 7.29. The maximum absolute atomic E-state index is 12.8. The second-order valence-electron chi connectivity index (χ2n) is 5.35. The molecule has 0 aliphatic heterocycles. The number of alkyl halides is 2. The fourth-order valence-electron chi connectivity index (χ4n) is 2.20. The van der Waals surface area contributed by atoms with Gasteiger partial charge < -0.3 is 9.47 Å². The summed E-state index contributed by atoms with van der Waals surface area (Å²) in [7, 11) is -1.04. The van der Waals surface area contributed by atoms with E-state index in [2.05, 4.69) is 25.6 Å². The molecule has 0 aliphatic carbocycles. The summed E-state index contributed by atoms with van der Waals surface area (Å²) >= 11 is 15.5. The fraction of sp³-hybridized carbons (Fsp3) is 0.312. The molecule has 142 valence electrons. The molecule has 0 saturated heterocycles. The van der Waals surface area contributed by atoms with Gasteiger partial charge in [0.1, 0.15) is 4.60 Å². The topological polar surface area (TPSA) is 77.5 Å². The summed E-state index contributed by atoms with van der Waals surface area (Å²) in [6.07, 6.45) is 1.62. The third kappa shape index (κ3) is 4.88. The molecule has 0 spiro atoms. The van der Waals surface area contributed by atoms with Crippen LogP contribution in [0, 0.1) is 6.92 Å². The Balaban J connectivity index is 2.47. The maximum atomic E-state index is 12.8. The molecule has 10 heteroatoms. The lowest BCUT2D eigenvalue weighted by atomic mass is 10.1. The number of anilines is 1. The number of sulfonamides is 1. The lowest BCUT2D eigenvalue weighted by Crippen LogP contribution is -2.15. The summed E-state index contributed by atoms with van der Waals surface area (Å²) < 4.78 is 38.6. The first kappa shape index (κ1) is 21.4. The van der Waals surface area contributed by atoms with Crippen molar-refractivity contribution in [3.63, 3.8) is 0 Å². The number of halogens is 3. The molecule has 0 saturated carbocycles. The SMILES string of the molecule is COC(Cl)c1ccc(S(=O)(=O)Nc2cc(C)cnc2Br)cc1C(Cl)OC. The number of rotatable bonds is 7. The van der Waals surface area contributed by atoms with E-state index in [0.717, 1.165) is 5.56 Å². The van der Waals surface area contributed by atoms with Gasteiger partial charge in [0.2, 0.25) is 0 Å². The van der Waals surface area contributed by atoms with E-state index in [9.17, 15) is 8.42 Å². The van der Waals surface area contributed by atoms with Crippen molar-refractivity contribution in [2.75, 3.05) is 18.9 Å². The Morgan fingerprint density at radius 2 is 1.73 bits per heavy atom. The first-order valence-corrected chi connectivity index (χ1v) is 10.5. The highest BCUT2D eigenvalue weighted by Crippen LogP contribution is 2.34. The number of aromatic nitrogens is 1. The van der Waals surface area contributed by atoms with Crippen LogP contribution in [0.25, 0.3) is 0 Å². The van der Waals surface area contributed by atoms with Gasteiger partial charge in [-0.2, -0.15) is 0 Å². The van der Waals surface area contributed by atoms with E-state index in [1.54, 1.807) is 18.3 Å². The highest BCUT2D eigenvalue weighted by molar-refractivity contribution is 9.10. The summed E-state index contributed by atoms with van der Waals surface area (Å²) in [6, 6.07) is 6.04. The minimum Gasteiger partial charge on any atom is -0.361 e. The predicted octanol–water partition coefficient (Wildman–Crippen LogP) is 4.72. The second-order valence-corrected chi connectivity index (χ2v) is 8.58. The molecule has 2 atom stereocenters. The first-order valence-electron chi connectivity index (χ1n) is 7.32. The molecule has 26 heavy (non-hydrogen) atoms. The largest absolute Gasteiger partial charge is 0.361 e. The molecular weight excluding hydrogens is 467 g/mol. The molecule has 1 aromatic carbocycles. The van der Waals surface area contributed by atoms with Crippen LogP contribution >= 0.6 is 39.1 Å². The average Bonchev–Trinajstić information content (AvgIpc) is 2.62. The fourth-order valence-corrected chi connectivity index (χ4v) is 4.13. The Bertz CT molecular complexity index is 896. The third-order valence-corrected chi connectivity index (χ3v) is 6.31. The molecule has 2 unspecified atom stereocenters. The van der Waals surface area contributed by atoms with Crippen LogP contribution in [0.4, 0.5) is 5.69 Å². The molecule has 0 fully saturated rings. The molecule has 0 radical (unpaired) electrons. The Morgan fingerprint density at radius 1 is 1.12 bits per heavy atom. The Morgan fingerprint density at radius 3 is 2.35 bits per heavy atom. The van der Waals surface area contributed by atoms with Crippen molar-refractivity contribution in [2.24, 2.45) is 0 Å². The van der Waals surface area contributed by atoms with Gasteiger partial charge in [0.15, 0.2) is 11.1 Å². The van der Waals surface area contributed by atoms with Crippen molar-refractivity contribution in [1.82, 2.24) is 4.98 Å².